The minimum Gasteiger partial charge on any atom is -0.462 e. The number of aliphatic hydroxyl groups is 2. The van der Waals surface area contributed by atoms with Crippen molar-refractivity contribution < 1.29 is 38.8 Å². The van der Waals surface area contributed by atoms with Gasteiger partial charge in [0.25, 0.3) is 0 Å². The van der Waals surface area contributed by atoms with Crippen molar-refractivity contribution in [3.63, 3.8) is 0 Å². The van der Waals surface area contributed by atoms with E-state index in [0.29, 0.717) is 19.3 Å². The normalized spacial score (nSPS) is 12.9. The molecule has 0 radical (unpaired) electrons. The fraction of sp³-hybridized carbons (Fsp3) is 0.949. The first kappa shape index (κ1) is 65.3. The fourth-order valence-corrected chi connectivity index (χ4v) is 9.19. The summed E-state index contributed by atoms with van der Waals surface area (Å²) >= 11 is 0. The molecule has 0 aromatic carbocycles. The van der Waals surface area contributed by atoms with E-state index in [1.165, 1.54) is 167 Å². The maximum absolute atomic E-state index is 12.9. The molecule has 0 fully saturated rings. The molecule has 0 aliphatic heterocycles. The smallest absolute Gasteiger partial charge is 0.306 e. The molecule has 0 aromatic heterocycles. The standard InChI is InChI=1S/C59H114O8/c1-4-7-10-13-14-15-16-17-18-19-20-21-22-23-32-37-44-51-59(64)67-56(52-65-57(62)49-42-35-30-26-24-28-33-40-47-54(60)45-38-11-8-5-2)53-66-58(63)50-43-36-31-27-25-29-34-41-48-55(61)46-39-12-9-6-3/h54-56,60-61H,4-53H2,1-3H3. The van der Waals surface area contributed by atoms with Gasteiger partial charge >= 0.3 is 17.9 Å². The third kappa shape index (κ3) is 52.0. The van der Waals surface area contributed by atoms with E-state index in [-0.39, 0.29) is 43.3 Å². The Bertz CT molecular complexity index is 981. The molecule has 2 atom stereocenters. The lowest BCUT2D eigenvalue weighted by Crippen LogP contribution is -2.30. The molecule has 0 bridgehead atoms. The predicted molar refractivity (Wildman–Crippen MR) is 282 cm³/mol. The summed E-state index contributed by atoms with van der Waals surface area (Å²) in [6.45, 7) is 6.52. The Kier molecular flexibility index (Phi) is 52.3. The van der Waals surface area contributed by atoms with Gasteiger partial charge < -0.3 is 24.4 Å². The summed E-state index contributed by atoms with van der Waals surface area (Å²) in [4.78, 5) is 38.2. The number of carbonyl (C=O) groups excluding carboxylic acids is 3. The van der Waals surface area contributed by atoms with Crippen LogP contribution in [-0.4, -0.2) is 59.6 Å². The average molecular weight is 952 g/mol. The lowest BCUT2D eigenvalue weighted by molar-refractivity contribution is -0.167. The number of ether oxygens (including phenoxy) is 3. The average Bonchev–Trinajstić information content (AvgIpc) is 3.32. The van der Waals surface area contributed by atoms with Gasteiger partial charge in [0.05, 0.1) is 12.2 Å². The van der Waals surface area contributed by atoms with Gasteiger partial charge in [-0.25, -0.2) is 0 Å². The van der Waals surface area contributed by atoms with E-state index >= 15 is 0 Å². The summed E-state index contributed by atoms with van der Waals surface area (Å²) in [6.07, 6.45) is 52.5. The summed E-state index contributed by atoms with van der Waals surface area (Å²) in [6, 6.07) is 0. The Hall–Kier alpha value is -1.67. The Balaban J connectivity index is 4.36. The number of unbranched alkanes of at least 4 members (excludes halogenated alkanes) is 36. The van der Waals surface area contributed by atoms with Gasteiger partial charge in [-0.2, -0.15) is 0 Å². The second-order valence-corrected chi connectivity index (χ2v) is 20.6. The van der Waals surface area contributed by atoms with Crippen molar-refractivity contribution in [3.8, 4) is 0 Å². The van der Waals surface area contributed by atoms with Crippen LogP contribution in [-0.2, 0) is 28.6 Å². The zero-order valence-corrected chi connectivity index (χ0v) is 44.9. The molecule has 8 heteroatoms. The van der Waals surface area contributed by atoms with Gasteiger partial charge in [-0.05, 0) is 44.9 Å². The molecule has 0 amide bonds. The molecule has 2 N–H and O–H groups in total. The number of aliphatic hydroxyl groups excluding tert-OH is 2. The second-order valence-electron chi connectivity index (χ2n) is 20.6. The Morgan fingerprint density at radius 3 is 0.776 bits per heavy atom. The van der Waals surface area contributed by atoms with Crippen LogP contribution >= 0.6 is 0 Å². The van der Waals surface area contributed by atoms with Crippen molar-refractivity contribution in [2.75, 3.05) is 13.2 Å². The maximum atomic E-state index is 12.9. The van der Waals surface area contributed by atoms with Gasteiger partial charge in [0.1, 0.15) is 13.2 Å². The van der Waals surface area contributed by atoms with Crippen molar-refractivity contribution in [1.29, 1.82) is 0 Å². The van der Waals surface area contributed by atoms with Crippen LogP contribution in [0, 0.1) is 0 Å². The number of hydrogen-bond donors (Lipinski definition) is 2. The fourth-order valence-electron chi connectivity index (χ4n) is 9.19. The van der Waals surface area contributed by atoms with Crippen LogP contribution in [0.15, 0.2) is 0 Å². The Labute approximate surface area is 415 Å². The van der Waals surface area contributed by atoms with Crippen LogP contribution in [0.4, 0.5) is 0 Å². The van der Waals surface area contributed by atoms with Crippen LogP contribution in [0.2, 0.25) is 0 Å². The van der Waals surface area contributed by atoms with Crippen molar-refractivity contribution in [2.45, 2.75) is 347 Å². The number of rotatable bonds is 55. The summed E-state index contributed by atoms with van der Waals surface area (Å²) in [5, 5.41) is 20.4. The number of hydrogen-bond acceptors (Lipinski definition) is 8. The molecule has 0 aliphatic carbocycles. The highest BCUT2D eigenvalue weighted by molar-refractivity contribution is 5.71. The molecule has 0 spiro atoms. The molecule has 2 unspecified atom stereocenters. The zero-order chi connectivity index (χ0) is 48.9. The highest BCUT2D eigenvalue weighted by Crippen LogP contribution is 2.18. The van der Waals surface area contributed by atoms with Crippen molar-refractivity contribution in [3.05, 3.63) is 0 Å². The van der Waals surface area contributed by atoms with Crippen LogP contribution in [0.5, 0.6) is 0 Å². The lowest BCUT2D eigenvalue weighted by atomic mass is 10.0. The van der Waals surface area contributed by atoms with Gasteiger partial charge in [0.2, 0.25) is 0 Å². The first-order valence-corrected chi connectivity index (χ1v) is 29.7. The van der Waals surface area contributed by atoms with E-state index in [1.54, 1.807) is 0 Å². The molecule has 0 saturated heterocycles. The molecule has 0 aromatic rings. The summed E-state index contributed by atoms with van der Waals surface area (Å²) in [5.41, 5.74) is 0. The maximum Gasteiger partial charge on any atom is 0.306 e. The molecular formula is C59H114O8. The highest BCUT2D eigenvalue weighted by Gasteiger charge is 2.19. The van der Waals surface area contributed by atoms with Gasteiger partial charge in [-0.3, -0.25) is 14.4 Å². The van der Waals surface area contributed by atoms with Crippen LogP contribution < -0.4 is 0 Å². The van der Waals surface area contributed by atoms with E-state index in [0.717, 1.165) is 122 Å². The van der Waals surface area contributed by atoms with E-state index in [1.807, 2.05) is 0 Å². The van der Waals surface area contributed by atoms with Crippen LogP contribution in [0.25, 0.3) is 0 Å². The van der Waals surface area contributed by atoms with E-state index in [2.05, 4.69) is 20.8 Å². The Morgan fingerprint density at radius 1 is 0.299 bits per heavy atom. The second kappa shape index (κ2) is 53.7. The van der Waals surface area contributed by atoms with E-state index in [9.17, 15) is 24.6 Å². The molecule has 0 aliphatic rings. The van der Waals surface area contributed by atoms with Gasteiger partial charge in [0, 0.05) is 19.3 Å². The summed E-state index contributed by atoms with van der Waals surface area (Å²) < 4.78 is 16.9. The molecule has 398 valence electrons. The third-order valence-electron chi connectivity index (χ3n) is 13.8. The van der Waals surface area contributed by atoms with E-state index in [4.69, 9.17) is 14.2 Å². The number of esters is 3. The summed E-state index contributed by atoms with van der Waals surface area (Å²) in [7, 11) is 0. The van der Waals surface area contributed by atoms with Crippen molar-refractivity contribution >= 4 is 17.9 Å². The first-order valence-electron chi connectivity index (χ1n) is 29.7. The topological polar surface area (TPSA) is 119 Å². The minimum atomic E-state index is -0.796. The molecule has 0 heterocycles. The zero-order valence-electron chi connectivity index (χ0n) is 44.9. The van der Waals surface area contributed by atoms with Gasteiger partial charge in [-0.15, -0.1) is 0 Å². The SMILES string of the molecule is CCCCCCCCCCCCCCCCCCCC(=O)OC(COC(=O)CCCCCCCCCCC(O)CCCCCC)COC(=O)CCCCCCCCCCC(O)CCCCCC. The van der Waals surface area contributed by atoms with Crippen molar-refractivity contribution in [2.24, 2.45) is 0 Å². The molecular weight excluding hydrogens is 837 g/mol. The minimum absolute atomic E-state index is 0.0950. The lowest BCUT2D eigenvalue weighted by Gasteiger charge is -2.18. The highest BCUT2D eigenvalue weighted by atomic mass is 16.6. The molecule has 8 nitrogen and oxygen atoms in total. The third-order valence-corrected chi connectivity index (χ3v) is 13.8. The quantitative estimate of drug-likeness (QED) is 0.0351. The number of carbonyl (C=O) groups is 3. The van der Waals surface area contributed by atoms with E-state index < -0.39 is 6.10 Å². The monoisotopic (exact) mass is 951 g/mol. The Morgan fingerprint density at radius 2 is 0.507 bits per heavy atom. The van der Waals surface area contributed by atoms with Crippen LogP contribution in [0.1, 0.15) is 329 Å². The molecule has 67 heavy (non-hydrogen) atoms. The van der Waals surface area contributed by atoms with Crippen molar-refractivity contribution in [1.82, 2.24) is 0 Å². The van der Waals surface area contributed by atoms with Crippen LogP contribution in [0.3, 0.4) is 0 Å². The predicted octanol–water partition coefficient (Wildman–Crippen LogP) is 17.5. The molecule has 0 rings (SSSR count). The largest absolute Gasteiger partial charge is 0.462 e. The summed E-state index contributed by atoms with van der Waals surface area (Å²) in [5.74, 6) is -0.927. The van der Waals surface area contributed by atoms with Gasteiger partial charge in [0.15, 0.2) is 6.10 Å². The first-order chi connectivity index (χ1) is 32.8. The molecule has 0 saturated carbocycles. The van der Waals surface area contributed by atoms with Gasteiger partial charge in [-0.1, -0.05) is 265 Å².